The Morgan fingerprint density at radius 1 is 1.16 bits per heavy atom. The SMILES string of the molecule is COc1cc(/C=C2\N=C(c3cccc(F)c3)OC2=O)cc(Cl)c1OCc1ccc(I)cc1. The maximum Gasteiger partial charge on any atom is 0.363 e. The molecule has 0 N–H and O–H groups in total. The molecule has 4 rings (SSSR count). The van der Waals surface area contributed by atoms with Crippen LogP contribution in [0.4, 0.5) is 4.39 Å². The summed E-state index contributed by atoms with van der Waals surface area (Å²) in [5.74, 6) is -0.242. The van der Waals surface area contributed by atoms with Crippen LogP contribution in [0, 0.1) is 9.39 Å². The van der Waals surface area contributed by atoms with E-state index in [9.17, 15) is 9.18 Å². The summed E-state index contributed by atoms with van der Waals surface area (Å²) in [6.45, 7) is 0.320. The van der Waals surface area contributed by atoms with E-state index in [4.69, 9.17) is 25.8 Å². The molecule has 8 heteroatoms. The summed E-state index contributed by atoms with van der Waals surface area (Å²) in [6, 6.07) is 16.9. The van der Waals surface area contributed by atoms with Gasteiger partial charge in [-0.25, -0.2) is 14.2 Å². The molecule has 0 spiro atoms. The van der Waals surface area contributed by atoms with Crippen molar-refractivity contribution < 1.29 is 23.4 Å². The van der Waals surface area contributed by atoms with Crippen molar-refractivity contribution in [3.63, 3.8) is 0 Å². The Balaban J connectivity index is 1.59. The Kier molecular flexibility index (Phi) is 6.76. The zero-order valence-corrected chi connectivity index (χ0v) is 19.7. The van der Waals surface area contributed by atoms with Gasteiger partial charge in [0.2, 0.25) is 5.90 Å². The van der Waals surface area contributed by atoms with E-state index in [0.29, 0.717) is 34.3 Å². The molecule has 0 radical (unpaired) electrons. The van der Waals surface area contributed by atoms with Crippen LogP contribution in [0.25, 0.3) is 6.08 Å². The average molecular weight is 564 g/mol. The highest BCUT2D eigenvalue weighted by atomic mass is 127. The Hall–Kier alpha value is -2.91. The van der Waals surface area contributed by atoms with Gasteiger partial charge in [0.05, 0.1) is 12.1 Å². The van der Waals surface area contributed by atoms with Gasteiger partial charge in [-0.1, -0.05) is 29.8 Å². The molecule has 1 aliphatic heterocycles. The van der Waals surface area contributed by atoms with Gasteiger partial charge >= 0.3 is 5.97 Å². The third-order valence-electron chi connectivity index (χ3n) is 4.54. The van der Waals surface area contributed by atoms with Gasteiger partial charge in [-0.15, -0.1) is 0 Å². The number of cyclic esters (lactones) is 1. The monoisotopic (exact) mass is 563 g/mol. The van der Waals surface area contributed by atoms with E-state index >= 15 is 0 Å². The standard InChI is InChI=1S/C24H16ClFINO4/c1-30-21-11-15(9-19(25)22(21)31-13-14-5-7-18(27)8-6-14)10-20-24(29)32-23(28-20)16-3-2-4-17(26)12-16/h2-12H,13H2,1H3/b20-10-. The van der Waals surface area contributed by atoms with Gasteiger partial charge < -0.3 is 14.2 Å². The van der Waals surface area contributed by atoms with Crippen molar-refractivity contribution in [2.75, 3.05) is 7.11 Å². The van der Waals surface area contributed by atoms with Crippen LogP contribution in [0.3, 0.4) is 0 Å². The molecule has 3 aromatic carbocycles. The van der Waals surface area contributed by atoms with Crippen molar-refractivity contribution in [1.29, 1.82) is 0 Å². The summed E-state index contributed by atoms with van der Waals surface area (Å²) in [5.41, 5.74) is 2.00. The predicted molar refractivity (Wildman–Crippen MR) is 129 cm³/mol. The molecule has 0 fully saturated rings. The minimum Gasteiger partial charge on any atom is -0.493 e. The van der Waals surface area contributed by atoms with E-state index in [0.717, 1.165) is 9.13 Å². The molecular weight excluding hydrogens is 548 g/mol. The number of carbonyl (C=O) groups excluding carboxylic acids is 1. The third-order valence-corrected chi connectivity index (χ3v) is 5.54. The van der Waals surface area contributed by atoms with E-state index < -0.39 is 11.8 Å². The first-order chi connectivity index (χ1) is 15.4. The highest BCUT2D eigenvalue weighted by molar-refractivity contribution is 14.1. The quantitative estimate of drug-likeness (QED) is 0.209. The first-order valence-corrected chi connectivity index (χ1v) is 10.9. The van der Waals surface area contributed by atoms with E-state index in [-0.39, 0.29) is 11.6 Å². The lowest BCUT2D eigenvalue weighted by Crippen LogP contribution is -2.05. The van der Waals surface area contributed by atoms with Crippen molar-refractivity contribution in [1.82, 2.24) is 0 Å². The molecule has 0 aliphatic carbocycles. The van der Waals surface area contributed by atoms with Crippen molar-refractivity contribution in [3.8, 4) is 11.5 Å². The second kappa shape index (κ2) is 9.70. The van der Waals surface area contributed by atoms with Crippen LogP contribution in [0.5, 0.6) is 11.5 Å². The highest BCUT2D eigenvalue weighted by Gasteiger charge is 2.25. The number of aliphatic imine (C=N–C) groups is 1. The number of hydrogen-bond acceptors (Lipinski definition) is 5. The number of benzene rings is 3. The lowest BCUT2D eigenvalue weighted by molar-refractivity contribution is -0.129. The molecule has 0 unspecified atom stereocenters. The summed E-state index contributed by atoms with van der Waals surface area (Å²) in [5, 5.41) is 0.322. The fourth-order valence-corrected chi connectivity index (χ4v) is 3.64. The molecule has 5 nitrogen and oxygen atoms in total. The normalized spacial score (nSPS) is 14.3. The van der Waals surface area contributed by atoms with E-state index in [1.165, 1.54) is 31.4 Å². The molecule has 0 saturated carbocycles. The molecule has 0 amide bonds. The molecule has 0 saturated heterocycles. The van der Waals surface area contributed by atoms with Crippen LogP contribution < -0.4 is 9.47 Å². The Morgan fingerprint density at radius 2 is 1.94 bits per heavy atom. The Morgan fingerprint density at radius 3 is 2.66 bits per heavy atom. The molecule has 1 aliphatic rings. The summed E-state index contributed by atoms with van der Waals surface area (Å²) in [6.07, 6.45) is 1.52. The van der Waals surface area contributed by atoms with Crippen molar-refractivity contribution in [2.45, 2.75) is 6.61 Å². The van der Waals surface area contributed by atoms with Gasteiger partial charge in [0.15, 0.2) is 17.2 Å². The minimum absolute atomic E-state index is 0.0382. The molecule has 162 valence electrons. The zero-order chi connectivity index (χ0) is 22.7. The van der Waals surface area contributed by atoms with Crippen LogP contribution in [0.2, 0.25) is 5.02 Å². The molecular formula is C24H16ClFINO4. The van der Waals surface area contributed by atoms with Crippen molar-refractivity contribution >= 4 is 52.1 Å². The number of esters is 1. The second-order valence-corrected chi connectivity index (χ2v) is 8.45. The predicted octanol–water partition coefficient (Wildman–Crippen LogP) is 6.02. The van der Waals surface area contributed by atoms with E-state index in [1.54, 1.807) is 18.2 Å². The fraction of sp³-hybridized carbons (Fsp3) is 0.0833. The minimum atomic E-state index is -0.640. The van der Waals surface area contributed by atoms with E-state index in [2.05, 4.69) is 27.6 Å². The van der Waals surface area contributed by atoms with Crippen molar-refractivity contribution in [2.24, 2.45) is 4.99 Å². The number of ether oxygens (including phenoxy) is 3. The number of hydrogen-bond donors (Lipinski definition) is 0. The van der Waals surface area contributed by atoms with Gasteiger partial charge in [-0.3, -0.25) is 0 Å². The van der Waals surface area contributed by atoms with Crippen LogP contribution >= 0.6 is 34.2 Å². The lowest BCUT2D eigenvalue weighted by atomic mass is 10.1. The highest BCUT2D eigenvalue weighted by Crippen LogP contribution is 2.38. The molecule has 1 heterocycles. The van der Waals surface area contributed by atoms with Crippen LogP contribution in [-0.2, 0) is 16.1 Å². The molecule has 3 aromatic rings. The number of nitrogens with zero attached hydrogens (tertiary/aromatic N) is 1. The van der Waals surface area contributed by atoms with Gasteiger partial charge in [0.25, 0.3) is 0 Å². The van der Waals surface area contributed by atoms with Crippen molar-refractivity contribution in [3.05, 3.63) is 97.5 Å². The molecule has 0 atom stereocenters. The van der Waals surface area contributed by atoms with Gasteiger partial charge in [0, 0.05) is 9.13 Å². The number of halogens is 3. The molecule has 0 bridgehead atoms. The van der Waals surface area contributed by atoms with Crippen LogP contribution in [0.1, 0.15) is 16.7 Å². The smallest absolute Gasteiger partial charge is 0.363 e. The summed E-state index contributed by atoms with van der Waals surface area (Å²) < 4.78 is 31.1. The topological polar surface area (TPSA) is 57.1 Å². The first kappa shape index (κ1) is 22.3. The maximum absolute atomic E-state index is 13.5. The van der Waals surface area contributed by atoms with Crippen LogP contribution in [0.15, 0.2) is 71.4 Å². The fourth-order valence-electron chi connectivity index (χ4n) is 3.01. The Bertz CT molecular complexity index is 1240. The average Bonchev–Trinajstić information content (AvgIpc) is 3.14. The first-order valence-electron chi connectivity index (χ1n) is 9.46. The lowest BCUT2D eigenvalue weighted by Gasteiger charge is -2.13. The number of rotatable bonds is 6. The van der Waals surface area contributed by atoms with Gasteiger partial charge in [-0.05, 0) is 82.3 Å². The van der Waals surface area contributed by atoms with E-state index in [1.807, 2.05) is 24.3 Å². The molecule has 32 heavy (non-hydrogen) atoms. The summed E-state index contributed by atoms with van der Waals surface area (Å²) >= 11 is 8.68. The van der Waals surface area contributed by atoms with Crippen LogP contribution in [-0.4, -0.2) is 19.0 Å². The summed E-state index contributed by atoms with van der Waals surface area (Å²) in [7, 11) is 1.50. The Labute approximate surface area is 202 Å². The van der Waals surface area contributed by atoms with Gasteiger partial charge in [0.1, 0.15) is 12.4 Å². The maximum atomic E-state index is 13.5. The largest absolute Gasteiger partial charge is 0.493 e. The third kappa shape index (κ3) is 5.11. The second-order valence-electron chi connectivity index (χ2n) is 6.80. The zero-order valence-electron chi connectivity index (χ0n) is 16.8. The summed E-state index contributed by atoms with van der Waals surface area (Å²) in [4.78, 5) is 16.4. The molecule has 0 aromatic heterocycles. The van der Waals surface area contributed by atoms with Gasteiger partial charge in [-0.2, -0.15) is 0 Å². The number of methoxy groups -OCH3 is 1. The number of carbonyl (C=O) groups is 1.